The number of anilines is 1. The number of carbonyl (C=O) groups is 1. The van der Waals surface area contributed by atoms with Gasteiger partial charge in [-0.05, 0) is 35.8 Å². The van der Waals surface area contributed by atoms with Crippen molar-refractivity contribution in [1.29, 1.82) is 10.5 Å². The lowest BCUT2D eigenvalue weighted by Crippen LogP contribution is -2.38. The number of benzene rings is 3. The van der Waals surface area contributed by atoms with Crippen LogP contribution in [0.4, 0.5) is 18.9 Å². The molecule has 3 aliphatic heterocycles. The Bertz CT molecular complexity index is 2230. The molecule has 2 saturated heterocycles. The van der Waals surface area contributed by atoms with Gasteiger partial charge in [-0.2, -0.15) is 10.5 Å². The molecule has 3 heterocycles. The maximum Gasteiger partial charge on any atom is 0.339 e. The van der Waals surface area contributed by atoms with Crippen LogP contribution in [0.3, 0.4) is 0 Å². The molecule has 0 bridgehead atoms. The molecule has 3 aromatic rings. The zero-order valence-electron chi connectivity index (χ0n) is 26.8. The minimum atomic E-state index is -3.81. The van der Waals surface area contributed by atoms with Gasteiger partial charge < -0.3 is 24.0 Å². The first kappa shape index (κ1) is 33.2. The number of hydrogen-bond acceptors (Lipinski definition) is 7. The Morgan fingerprint density at radius 3 is 2.32 bits per heavy atom. The first-order valence-corrected chi connectivity index (χ1v) is 17.5. The second kappa shape index (κ2) is 12.6. The fourth-order valence-corrected chi connectivity index (χ4v) is 9.90. The number of allylic oxidation sites excluding steroid dienone is 5. The monoisotopic (exact) mass is 697 g/mol. The molecule has 0 spiro atoms. The van der Waals surface area contributed by atoms with Crippen molar-refractivity contribution >= 4 is 40.7 Å². The molecule has 13 heteroatoms. The van der Waals surface area contributed by atoms with E-state index in [4.69, 9.17) is 9.47 Å². The standard InChI is InChI=1S/C37H28F3N4O5P/c1-48-21-49-37(19-41,20-42)32-33(38)30(31(36(45)46)34(39)35(32)40)29-25-11-9-22(43-13-5-14-43)17-27(25)50(47,24-7-3-2-4-8-24)28-18-23(10-12-26(28)29)44-15-6-16-44/h2-4,7-12,17-18H,5-6,13-16,21H2,1H3/p+1. The molecule has 9 nitrogen and oxygen atoms in total. The average molecular weight is 698 g/mol. The lowest BCUT2D eigenvalue weighted by atomic mass is 9.83. The van der Waals surface area contributed by atoms with Crippen LogP contribution < -0.4 is 15.5 Å². The minimum Gasteiger partial charge on any atom is -0.478 e. The van der Waals surface area contributed by atoms with Gasteiger partial charge >= 0.3 is 5.97 Å². The summed E-state index contributed by atoms with van der Waals surface area (Å²) in [5.74, 6) is -7.76. The second-order valence-electron chi connectivity index (χ2n) is 12.2. The number of aromatic carboxylic acids is 1. The van der Waals surface area contributed by atoms with Crippen molar-refractivity contribution < 1.29 is 41.7 Å². The van der Waals surface area contributed by atoms with Crippen molar-refractivity contribution in [3.8, 4) is 12.1 Å². The van der Waals surface area contributed by atoms with Gasteiger partial charge in [-0.1, -0.05) is 36.4 Å². The van der Waals surface area contributed by atoms with E-state index in [1.54, 1.807) is 66.8 Å². The van der Waals surface area contributed by atoms with Gasteiger partial charge in [-0.25, -0.2) is 22.5 Å². The zero-order chi connectivity index (χ0) is 35.4. The minimum absolute atomic E-state index is 0.126. The SMILES string of the molecule is COCOC(C#N)(C#N)c1c(F)c(F)c(C(=O)O)c(C2=C3C=CC(=[N+]4CCC4)C=C3P(=O)(c3ccccc3)c3cc(N4CCC4)ccc32)c1F. The Hall–Kier alpha value is -5.26. The lowest BCUT2D eigenvalue weighted by Gasteiger charge is -2.37. The van der Waals surface area contributed by atoms with Crippen LogP contribution >= 0.6 is 7.14 Å². The Morgan fingerprint density at radius 2 is 1.74 bits per heavy atom. The number of fused-ring (bicyclic) bond motifs is 2. The Labute approximate surface area is 285 Å². The van der Waals surface area contributed by atoms with Gasteiger partial charge in [-0.3, -0.25) is 0 Å². The highest BCUT2D eigenvalue weighted by Gasteiger charge is 2.48. The van der Waals surface area contributed by atoms with Crippen molar-refractivity contribution in [2.45, 2.75) is 18.4 Å². The van der Waals surface area contributed by atoms with Gasteiger partial charge in [0.25, 0.3) is 5.60 Å². The Morgan fingerprint density at radius 1 is 1.02 bits per heavy atom. The topological polar surface area (TPSA) is 127 Å². The summed E-state index contributed by atoms with van der Waals surface area (Å²) in [6, 6.07) is 16.6. The highest BCUT2D eigenvalue weighted by Crippen LogP contribution is 2.62. The molecule has 0 amide bonds. The van der Waals surface area contributed by atoms with Gasteiger partial charge in [0, 0.05) is 65.1 Å². The number of methoxy groups -OCH3 is 1. The fourth-order valence-electron chi connectivity index (χ4n) is 6.81. The summed E-state index contributed by atoms with van der Waals surface area (Å²) < 4.78 is 77.3. The number of carboxylic acid groups (broad SMARTS) is 1. The van der Waals surface area contributed by atoms with E-state index in [0.29, 0.717) is 5.30 Å². The summed E-state index contributed by atoms with van der Waals surface area (Å²) in [5.41, 5.74) is -5.24. The molecule has 252 valence electrons. The summed E-state index contributed by atoms with van der Waals surface area (Å²) in [6.45, 7) is 2.21. The first-order chi connectivity index (χ1) is 24.1. The van der Waals surface area contributed by atoms with Crippen LogP contribution in [0.5, 0.6) is 0 Å². The van der Waals surface area contributed by atoms with Gasteiger partial charge in [0.2, 0.25) is 5.71 Å². The zero-order valence-corrected chi connectivity index (χ0v) is 27.6. The molecule has 1 atom stereocenters. The normalized spacial score (nSPS) is 19.5. The van der Waals surface area contributed by atoms with Gasteiger partial charge in [-0.15, -0.1) is 0 Å². The number of carboxylic acids is 1. The number of halogens is 3. The van der Waals surface area contributed by atoms with E-state index in [1.807, 2.05) is 0 Å². The number of hydrogen-bond donors (Lipinski definition) is 1. The largest absolute Gasteiger partial charge is 0.478 e. The highest BCUT2D eigenvalue weighted by molar-refractivity contribution is 7.83. The second-order valence-corrected chi connectivity index (χ2v) is 14.9. The van der Waals surface area contributed by atoms with Gasteiger partial charge in [0.05, 0.1) is 12.0 Å². The molecule has 4 aliphatic rings. The molecule has 0 aromatic heterocycles. The van der Waals surface area contributed by atoms with Crippen molar-refractivity contribution in [2.24, 2.45) is 0 Å². The quantitative estimate of drug-likeness (QED) is 0.145. The molecular weight excluding hydrogens is 668 g/mol. The smallest absolute Gasteiger partial charge is 0.339 e. The molecule has 2 fully saturated rings. The van der Waals surface area contributed by atoms with Crippen molar-refractivity contribution in [2.75, 3.05) is 45.0 Å². The third kappa shape index (κ3) is 4.86. The number of ether oxygens (including phenoxy) is 2. The average Bonchev–Trinajstić information content (AvgIpc) is 3.07. The summed E-state index contributed by atoms with van der Waals surface area (Å²) >= 11 is 0. The molecule has 0 saturated carbocycles. The number of nitrogens with zero attached hydrogens (tertiary/aromatic N) is 4. The molecule has 1 aliphatic carbocycles. The molecule has 7 rings (SSSR count). The molecule has 1 N–H and O–H groups in total. The third-order valence-corrected chi connectivity index (χ3v) is 12.7. The summed E-state index contributed by atoms with van der Waals surface area (Å²) in [6.07, 6.45) is 6.93. The van der Waals surface area contributed by atoms with E-state index in [1.165, 1.54) is 12.1 Å². The maximum atomic E-state index is 17.3. The molecule has 3 aromatic carbocycles. The van der Waals surface area contributed by atoms with E-state index in [0.717, 1.165) is 57.5 Å². The van der Waals surface area contributed by atoms with E-state index in [-0.39, 0.29) is 27.3 Å². The lowest BCUT2D eigenvalue weighted by molar-refractivity contribution is -0.582. The predicted octanol–water partition coefficient (Wildman–Crippen LogP) is 5.32. The van der Waals surface area contributed by atoms with Gasteiger partial charge in [0.1, 0.15) is 43.4 Å². The summed E-state index contributed by atoms with van der Waals surface area (Å²) in [7, 11) is -2.67. The third-order valence-electron chi connectivity index (χ3n) is 9.59. The van der Waals surface area contributed by atoms with Crippen LogP contribution in [0.1, 0.15) is 39.9 Å². The van der Waals surface area contributed by atoms with Gasteiger partial charge in [0.15, 0.2) is 18.8 Å². The van der Waals surface area contributed by atoms with Crippen LogP contribution in [-0.4, -0.2) is 61.4 Å². The van der Waals surface area contributed by atoms with Crippen LogP contribution in [-0.2, 0) is 19.6 Å². The van der Waals surface area contributed by atoms with Crippen molar-refractivity contribution in [3.05, 3.63) is 117 Å². The van der Waals surface area contributed by atoms with Crippen molar-refractivity contribution in [1.82, 2.24) is 0 Å². The van der Waals surface area contributed by atoms with Crippen LogP contribution in [0.15, 0.2) is 77.6 Å². The predicted molar refractivity (Wildman–Crippen MR) is 179 cm³/mol. The Balaban J connectivity index is 1.65. The number of rotatable bonds is 8. The Kier molecular flexibility index (Phi) is 8.36. The van der Waals surface area contributed by atoms with Crippen LogP contribution in [0, 0.1) is 40.1 Å². The van der Waals surface area contributed by atoms with E-state index in [9.17, 15) is 20.4 Å². The molecule has 0 radical (unpaired) electrons. The van der Waals surface area contributed by atoms with E-state index >= 15 is 17.7 Å². The van der Waals surface area contributed by atoms with Crippen LogP contribution in [0.25, 0.3) is 5.57 Å². The van der Waals surface area contributed by atoms with Crippen LogP contribution in [0.2, 0.25) is 0 Å². The van der Waals surface area contributed by atoms with E-state index < -0.39 is 59.6 Å². The highest BCUT2D eigenvalue weighted by atomic mass is 31.2. The number of nitriles is 2. The van der Waals surface area contributed by atoms with Crippen molar-refractivity contribution in [3.63, 3.8) is 0 Å². The maximum absolute atomic E-state index is 17.3. The molecular formula is C37H29F3N4O5P+. The fraction of sp³-hybridized carbons (Fsp3) is 0.243. The summed E-state index contributed by atoms with van der Waals surface area (Å²) in [5, 5.41) is 31.4. The first-order valence-electron chi connectivity index (χ1n) is 15.8. The molecule has 1 unspecified atom stereocenters. The molecule has 50 heavy (non-hydrogen) atoms. The van der Waals surface area contributed by atoms with E-state index in [2.05, 4.69) is 9.48 Å². The summed E-state index contributed by atoms with van der Waals surface area (Å²) in [4.78, 5) is 14.8.